The van der Waals surface area contributed by atoms with E-state index in [2.05, 4.69) is 5.32 Å². The van der Waals surface area contributed by atoms with Crippen molar-refractivity contribution in [2.75, 3.05) is 16.8 Å². The molecule has 21 heavy (non-hydrogen) atoms. The summed E-state index contributed by atoms with van der Waals surface area (Å²) in [5.41, 5.74) is -1.08. The van der Waals surface area contributed by atoms with Gasteiger partial charge in [-0.1, -0.05) is 0 Å². The molecule has 0 aliphatic carbocycles. The van der Waals surface area contributed by atoms with Crippen LogP contribution in [0.1, 0.15) is 0 Å². The fraction of sp³-hybridized carbons (Fsp3) is 0.400. The highest BCUT2D eigenvalue weighted by Crippen LogP contribution is 2.30. The first-order valence-corrected chi connectivity index (χ1v) is 7.59. The van der Waals surface area contributed by atoms with Crippen LogP contribution in [-0.2, 0) is 9.84 Å². The van der Waals surface area contributed by atoms with Crippen LogP contribution in [-0.4, -0.2) is 47.0 Å². The van der Waals surface area contributed by atoms with E-state index >= 15 is 0 Å². The molecule has 0 aromatic heterocycles. The van der Waals surface area contributed by atoms with E-state index in [0.717, 1.165) is 18.2 Å². The number of nitrogens with zero attached hydrogens (tertiary/aromatic N) is 2. The molecule has 0 bridgehead atoms. The number of sulfone groups is 1. The molecular formula is C10H11N3O7S. The van der Waals surface area contributed by atoms with E-state index in [9.17, 15) is 33.8 Å². The standard InChI is InChI=1S/C10H11N3O7S/c14-10-5-21(19,20)4-8(10)11-7-2-1-6(12(15)16)3-9(7)13(17)18/h1-3,8,10-11,14H,4-5H2. The van der Waals surface area contributed by atoms with Crippen LogP contribution in [0.25, 0.3) is 0 Å². The smallest absolute Gasteiger partial charge is 0.299 e. The van der Waals surface area contributed by atoms with Gasteiger partial charge in [0, 0.05) is 6.07 Å². The minimum absolute atomic E-state index is 0.0771. The Labute approximate surface area is 118 Å². The Balaban J connectivity index is 2.32. The summed E-state index contributed by atoms with van der Waals surface area (Å²) in [7, 11) is -3.41. The molecule has 11 heteroatoms. The van der Waals surface area contributed by atoms with Crippen LogP contribution in [0.4, 0.5) is 17.1 Å². The summed E-state index contributed by atoms with van der Waals surface area (Å²) in [6.45, 7) is 0. The first-order chi connectivity index (χ1) is 9.69. The normalized spacial score (nSPS) is 23.7. The highest BCUT2D eigenvalue weighted by molar-refractivity contribution is 7.91. The monoisotopic (exact) mass is 317 g/mol. The maximum absolute atomic E-state index is 11.4. The molecule has 1 heterocycles. The van der Waals surface area contributed by atoms with Gasteiger partial charge in [0.2, 0.25) is 0 Å². The number of nitro groups is 2. The molecule has 1 aliphatic heterocycles. The van der Waals surface area contributed by atoms with Gasteiger partial charge in [0.05, 0.1) is 39.6 Å². The van der Waals surface area contributed by atoms with Gasteiger partial charge in [0.1, 0.15) is 5.69 Å². The van der Waals surface area contributed by atoms with Crippen molar-refractivity contribution in [1.82, 2.24) is 0 Å². The van der Waals surface area contributed by atoms with E-state index < -0.39 is 49.0 Å². The van der Waals surface area contributed by atoms with Crippen molar-refractivity contribution in [3.8, 4) is 0 Å². The molecule has 114 valence electrons. The van der Waals surface area contributed by atoms with Gasteiger partial charge in [-0.2, -0.15) is 0 Å². The number of aliphatic hydroxyl groups is 1. The first kappa shape index (κ1) is 15.1. The molecule has 2 atom stereocenters. The van der Waals surface area contributed by atoms with Crippen molar-refractivity contribution in [3.05, 3.63) is 38.4 Å². The Bertz CT molecular complexity index is 703. The lowest BCUT2D eigenvalue weighted by Gasteiger charge is -2.16. The third-order valence-electron chi connectivity index (χ3n) is 3.05. The van der Waals surface area contributed by atoms with Crippen LogP contribution in [0.2, 0.25) is 0 Å². The number of aliphatic hydroxyl groups excluding tert-OH is 1. The fourth-order valence-electron chi connectivity index (χ4n) is 2.07. The summed E-state index contributed by atoms with van der Waals surface area (Å²) in [5, 5.41) is 33.8. The summed E-state index contributed by atoms with van der Waals surface area (Å²) < 4.78 is 22.8. The maximum atomic E-state index is 11.4. The quantitative estimate of drug-likeness (QED) is 0.584. The molecule has 1 aliphatic rings. The molecule has 2 unspecified atom stereocenters. The lowest BCUT2D eigenvalue weighted by atomic mass is 10.2. The second kappa shape index (κ2) is 5.26. The minimum atomic E-state index is -3.41. The summed E-state index contributed by atoms with van der Waals surface area (Å²) in [6, 6.07) is 2.06. The molecule has 0 radical (unpaired) electrons. The maximum Gasteiger partial charge on any atom is 0.299 e. The van der Waals surface area contributed by atoms with E-state index in [1.54, 1.807) is 0 Å². The second-order valence-electron chi connectivity index (χ2n) is 4.61. The number of hydrogen-bond donors (Lipinski definition) is 2. The molecule has 1 fully saturated rings. The number of anilines is 1. The summed E-state index contributed by atoms with van der Waals surface area (Å²) in [4.78, 5) is 20.0. The van der Waals surface area contributed by atoms with Crippen molar-refractivity contribution in [2.24, 2.45) is 0 Å². The van der Waals surface area contributed by atoms with Crippen LogP contribution in [0.3, 0.4) is 0 Å². The van der Waals surface area contributed by atoms with Crippen LogP contribution >= 0.6 is 0 Å². The van der Waals surface area contributed by atoms with Gasteiger partial charge < -0.3 is 10.4 Å². The van der Waals surface area contributed by atoms with Crippen molar-refractivity contribution in [1.29, 1.82) is 0 Å². The van der Waals surface area contributed by atoms with Gasteiger partial charge in [-0.25, -0.2) is 8.42 Å². The van der Waals surface area contributed by atoms with Gasteiger partial charge in [0.25, 0.3) is 11.4 Å². The minimum Gasteiger partial charge on any atom is -0.390 e. The van der Waals surface area contributed by atoms with Crippen molar-refractivity contribution >= 4 is 26.9 Å². The SMILES string of the molecule is O=[N+]([O-])c1ccc(NC2CS(=O)(=O)CC2O)c([N+](=O)[O-])c1. The Morgan fingerprint density at radius 2 is 1.86 bits per heavy atom. The highest BCUT2D eigenvalue weighted by atomic mass is 32.2. The predicted octanol–water partition coefficient (Wildman–Crippen LogP) is 0.0728. The van der Waals surface area contributed by atoms with E-state index in [0.29, 0.717) is 0 Å². The summed E-state index contributed by atoms with van der Waals surface area (Å²) >= 11 is 0. The third kappa shape index (κ3) is 3.25. The van der Waals surface area contributed by atoms with Gasteiger partial charge in [-0.3, -0.25) is 20.2 Å². The number of non-ortho nitro benzene ring substituents is 1. The van der Waals surface area contributed by atoms with Crippen molar-refractivity contribution in [3.63, 3.8) is 0 Å². The molecule has 2 rings (SSSR count). The Morgan fingerprint density at radius 3 is 2.33 bits per heavy atom. The lowest BCUT2D eigenvalue weighted by Crippen LogP contribution is -2.32. The molecule has 1 aromatic carbocycles. The zero-order valence-electron chi connectivity index (χ0n) is 10.5. The zero-order chi connectivity index (χ0) is 15.8. The van der Waals surface area contributed by atoms with E-state index in [-0.39, 0.29) is 11.4 Å². The van der Waals surface area contributed by atoms with Gasteiger partial charge in [-0.05, 0) is 6.07 Å². The average molecular weight is 317 g/mol. The fourth-order valence-corrected chi connectivity index (χ4v) is 3.81. The largest absolute Gasteiger partial charge is 0.390 e. The van der Waals surface area contributed by atoms with Gasteiger partial charge >= 0.3 is 0 Å². The molecule has 0 saturated carbocycles. The summed E-state index contributed by atoms with van der Waals surface area (Å²) in [5.74, 6) is -0.784. The molecule has 0 spiro atoms. The first-order valence-electron chi connectivity index (χ1n) is 5.77. The number of nitrogens with one attached hydrogen (secondary N) is 1. The number of benzene rings is 1. The highest BCUT2D eigenvalue weighted by Gasteiger charge is 2.37. The summed E-state index contributed by atoms with van der Waals surface area (Å²) in [6.07, 6.45) is -1.19. The number of nitro benzene ring substituents is 2. The van der Waals surface area contributed by atoms with Crippen LogP contribution < -0.4 is 5.32 Å². The molecule has 2 N–H and O–H groups in total. The van der Waals surface area contributed by atoms with Crippen LogP contribution in [0, 0.1) is 20.2 Å². The average Bonchev–Trinajstić information content (AvgIpc) is 2.62. The van der Waals surface area contributed by atoms with Crippen molar-refractivity contribution < 1.29 is 23.4 Å². The Morgan fingerprint density at radius 1 is 1.19 bits per heavy atom. The van der Waals surface area contributed by atoms with Gasteiger partial charge in [-0.15, -0.1) is 0 Å². The number of rotatable bonds is 4. The molecular weight excluding hydrogens is 306 g/mol. The predicted molar refractivity (Wildman–Crippen MR) is 71.8 cm³/mol. The van der Waals surface area contributed by atoms with Crippen molar-refractivity contribution in [2.45, 2.75) is 12.1 Å². The second-order valence-corrected chi connectivity index (χ2v) is 6.76. The van der Waals surface area contributed by atoms with Gasteiger partial charge in [0.15, 0.2) is 9.84 Å². The Kier molecular flexibility index (Phi) is 3.78. The molecule has 1 aromatic rings. The van der Waals surface area contributed by atoms with Crippen LogP contribution in [0.15, 0.2) is 18.2 Å². The molecule has 10 nitrogen and oxygen atoms in total. The molecule has 1 saturated heterocycles. The van der Waals surface area contributed by atoms with E-state index in [4.69, 9.17) is 0 Å². The zero-order valence-corrected chi connectivity index (χ0v) is 11.3. The van der Waals surface area contributed by atoms with E-state index in [1.165, 1.54) is 0 Å². The topological polar surface area (TPSA) is 153 Å². The van der Waals surface area contributed by atoms with E-state index in [1.807, 2.05) is 0 Å². The Hall–Kier alpha value is -2.27. The molecule has 0 amide bonds. The van der Waals surface area contributed by atoms with Crippen LogP contribution in [0.5, 0.6) is 0 Å². The third-order valence-corrected chi connectivity index (χ3v) is 4.77. The lowest BCUT2D eigenvalue weighted by molar-refractivity contribution is -0.393. The number of hydrogen-bond acceptors (Lipinski definition) is 8.